The Morgan fingerprint density at radius 1 is 1.60 bits per heavy atom. The molecule has 0 radical (unpaired) electrons. The number of aliphatic imine (C=N–C) groups is 1. The highest BCUT2D eigenvalue weighted by molar-refractivity contribution is 8.14. The third-order valence-electron chi connectivity index (χ3n) is 2.60. The lowest BCUT2D eigenvalue weighted by molar-refractivity contribution is -0.111. The molecule has 2 rings (SSSR count). The largest absolute Gasteiger partial charge is 0.394 e. The first kappa shape index (κ1) is 11.2. The predicted octanol–water partition coefficient (Wildman–Crippen LogP) is -0.512. The van der Waals surface area contributed by atoms with Gasteiger partial charge in [0.1, 0.15) is 11.5 Å². The number of hydrogen-bond donors (Lipinski definition) is 2. The first-order chi connectivity index (χ1) is 7.11. The molecule has 0 aromatic carbocycles. The fraction of sp³-hybridized carbons (Fsp3) is 0.889. The molecule has 0 aliphatic carbocycles. The zero-order valence-corrected chi connectivity index (χ0v) is 9.65. The SMILES string of the molecule is CN(C)C1=N[C@@H]2C[C@H](O)[C@@H](CO)O[C@@H]2S1. The van der Waals surface area contributed by atoms with Crippen molar-refractivity contribution in [2.24, 2.45) is 4.99 Å². The van der Waals surface area contributed by atoms with E-state index in [1.54, 1.807) is 11.8 Å². The van der Waals surface area contributed by atoms with Crippen molar-refractivity contribution in [2.75, 3.05) is 20.7 Å². The number of amidine groups is 1. The number of rotatable bonds is 1. The predicted molar refractivity (Wildman–Crippen MR) is 58.9 cm³/mol. The van der Waals surface area contributed by atoms with Crippen molar-refractivity contribution in [3.8, 4) is 0 Å². The molecule has 1 saturated heterocycles. The molecular weight excluding hydrogens is 216 g/mol. The summed E-state index contributed by atoms with van der Waals surface area (Å²) in [5.41, 5.74) is -0.0528. The standard InChI is InChI=1S/C9H16N2O3S/c1-11(2)9-10-5-3-6(13)7(4-12)14-8(5)15-9/h5-8,12-13H,3-4H2,1-2H3/t5-,6+,7-,8-/m1/s1. The highest BCUT2D eigenvalue weighted by atomic mass is 32.2. The van der Waals surface area contributed by atoms with Gasteiger partial charge in [-0.25, -0.2) is 0 Å². The van der Waals surface area contributed by atoms with E-state index >= 15 is 0 Å². The van der Waals surface area contributed by atoms with E-state index < -0.39 is 12.2 Å². The van der Waals surface area contributed by atoms with Gasteiger partial charge in [-0.3, -0.25) is 4.99 Å². The van der Waals surface area contributed by atoms with Gasteiger partial charge >= 0.3 is 0 Å². The van der Waals surface area contributed by atoms with Gasteiger partial charge < -0.3 is 19.8 Å². The van der Waals surface area contributed by atoms with E-state index in [0.29, 0.717) is 6.42 Å². The summed E-state index contributed by atoms with van der Waals surface area (Å²) in [6.07, 6.45) is -0.502. The number of fused-ring (bicyclic) bond motifs is 1. The maximum absolute atomic E-state index is 9.66. The molecule has 1 fully saturated rings. The highest BCUT2D eigenvalue weighted by Crippen LogP contribution is 2.36. The molecule has 0 aromatic heterocycles. The first-order valence-corrected chi connectivity index (χ1v) is 5.86. The molecule has 2 aliphatic heterocycles. The Morgan fingerprint density at radius 2 is 2.33 bits per heavy atom. The van der Waals surface area contributed by atoms with E-state index in [2.05, 4.69) is 4.99 Å². The summed E-state index contributed by atoms with van der Waals surface area (Å²) in [5.74, 6) is 0. The lowest BCUT2D eigenvalue weighted by atomic mass is 10.0. The molecule has 6 heteroatoms. The molecule has 0 spiro atoms. The van der Waals surface area contributed by atoms with Crippen LogP contribution in [-0.4, -0.2) is 64.7 Å². The van der Waals surface area contributed by atoms with Gasteiger partial charge in [-0.1, -0.05) is 11.8 Å². The number of hydrogen-bond acceptors (Lipinski definition) is 6. The molecule has 5 nitrogen and oxygen atoms in total. The molecule has 2 aliphatic rings. The lowest BCUT2D eigenvalue weighted by Crippen LogP contribution is -2.45. The van der Waals surface area contributed by atoms with Gasteiger partial charge in [0.25, 0.3) is 0 Å². The molecule has 0 saturated carbocycles. The maximum Gasteiger partial charge on any atom is 0.161 e. The summed E-state index contributed by atoms with van der Waals surface area (Å²) < 4.78 is 5.57. The maximum atomic E-state index is 9.66. The average Bonchev–Trinajstić information content (AvgIpc) is 2.59. The van der Waals surface area contributed by atoms with Crippen LogP contribution < -0.4 is 0 Å². The molecule has 86 valence electrons. The molecule has 2 N–H and O–H groups in total. The molecular formula is C9H16N2O3S. The van der Waals surface area contributed by atoms with E-state index in [0.717, 1.165) is 5.17 Å². The molecule has 0 bridgehead atoms. The minimum Gasteiger partial charge on any atom is -0.394 e. The van der Waals surface area contributed by atoms with Crippen LogP contribution in [0.2, 0.25) is 0 Å². The van der Waals surface area contributed by atoms with Crippen LogP contribution in [0.15, 0.2) is 4.99 Å². The Morgan fingerprint density at radius 3 is 2.93 bits per heavy atom. The smallest absolute Gasteiger partial charge is 0.161 e. The van der Waals surface area contributed by atoms with Gasteiger partial charge in [-0.05, 0) is 0 Å². The van der Waals surface area contributed by atoms with E-state index in [1.165, 1.54) is 0 Å². The third-order valence-corrected chi connectivity index (χ3v) is 3.93. The van der Waals surface area contributed by atoms with E-state index in [-0.39, 0.29) is 18.1 Å². The number of nitrogens with zero attached hydrogens (tertiary/aromatic N) is 2. The van der Waals surface area contributed by atoms with Crippen molar-refractivity contribution in [1.82, 2.24) is 4.90 Å². The Balaban J connectivity index is 2.04. The second-order valence-corrected chi connectivity index (χ2v) is 5.09. The monoisotopic (exact) mass is 232 g/mol. The molecule has 15 heavy (non-hydrogen) atoms. The Hall–Kier alpha value is -0.300. The molecule has 2 heterocycles. The third kappa shape index (κ3) is 2.13. The van der Waals surface area contributed by atoms with Gasteiger partial charge in [0, 0.05) is 20.5 Å². The molecule has 4 atom stereocenters. The van der Waals surface area contributed by atoms with Crippen LogP contribution in [0.1, 0.15) is 6.42 Å². The summed E-state index contributed by atoms with van der Waals surface area (Å²) in [4.78, 5) is 6.40. The van der Waals surface area contributed by atoms with Gasteiger partial charge in [0.05, 0.1) is 18.8 Å². The highest BCUT2D eigenvalue weighted by Gasteiger charge is 2.41. The van der Waals surface area contributed by atoms with Crippen molar-refractivity contribution in [3.05, 3.63) is 0 Å². The number of thioether (sulfide) groups is 1. The zero-order chi connectivity index (χ0) is 11.0. The number of ether oxygens (including phenoxy) is 1. The second-order valence-electron chi connectivity index (χ2n) is 4.02. The van der Waals surface area contributed by atoms with Gasteiger partial charge in [0.15, 0.2) is 5.17 Å². The topological polar surface area (TPSA) is 65.3 Å². The van der Waals surface area contributed by atoms with Crippen LogP contribution >= 0.6 is 11.8 Å². The van der Waals surface area contributed by atoms with Crippen LogP contribution in [-0.2, 0) is 4.74 Å². The molecule has 0 aromatic rings. The average molecular weight is 232 g/mol. The number of aliphatic hydroxyl groups excluding tert-OH is 2. The quantitative estimate of drug-likeness (QED) is 0.637. The minimum absolute atomic E-state index is 0.0187. The normalized spacial score (nSPS) is 39.9. The Bertz CT molecular complexity index is 272. The first-order valence-electron chi connectivity index (χ1n) is 4.98. The summed E-state index contributed by atoms with van der Waals surface area (Å²) >= 11 is 1.56. The molecule has 0 amide bonds. The zero-order valence-electron chi connectivity index (χ0n) is 8.83. The van der Waals surface area contributed by atoms with Crippen molar-refractivity contribution < 1.29 is 14.9 Å². The van der Waals surface area contributed by atoms with Crippen LogP contribution in [0.5, 0.6) is 0 Å². The van der Waals surface area contributed by atoms with Crippen molar-refractivity contribution in [3.63, 3.8) is 0 Å². The summed E-state index contributed by atoms with van der Waals surface area (Å²) in [6, 6.07) is 0.0187. The number of aliphatic hydroxyl groups is 2. The minimum atomic E-state index is -0.609. The van der Waals surface area contributed by atoms with Crippen molar-refractivity contribution in [1.29, 1.82) is 0 Å². The van der Waals surface area contributed by atoms with Crippen LogP contribution in [0.4, 0.5) is 0 Å². The van der Waals surface area contributed by atoms with Crippen molar-refractivity contribution >= 4 is 16.9 Å². The van der Waals surface area contributed by atoms with E-state index in [9.17, 15) is 5.11 Å². The van der Waals surface area contributed by atoms with Gasteiger partial charge in [-0.2, -0.15) is 0 Å². The summed E-state index contributed by atoms with van der Waals surface area (Å²) in [6.45, 7) is -0.137. The molecule has 0 unspecified atom stereocenters. The lowest BCUT2D eigenvalue weighted by Gasteiger charge is -2.33. The van der Waals surface area contributed by atoms with E-state index in [1.807, 2.05) is 19.0 Å². The van der Waals surface area contributed by atoms with Crippen LogP contribution in [0, 0.1) is 0 Å². The fourth-order valence-corrected chi connectivity index (χ4v) is 2.89. The van der Waals surface area contributed by atoms with E-state index in [4.69, 9.17) is 9.84 Å². The Labute approximate surface area is 93.1 Å². The summed E-state index contributed by atoms with van der Waals surface area (Å²) in [5, 5.41) is 19.6. The fourth-order valence-electron chi connectivity index (χ4n) is 1.75. The van der Waals surface area contributed by atoms with Gasteiger partial charge in [0.2, 0.25) is 0 Å². The van der Waals surface area contributed by atoms with Crippen LogP contribution in [0.25, 0.3) is 0 Å². The van der Waals surface area contributed by atoms with Crippen molar-refractivity contribution in [2.45, 2.75) is 30.1 Å². The summed E-state index contributed by atoms with van der Waals surface area (Å²) in [7, 11) is 3.87. The van der Waals surface area contributed by atoms with Gasteiger partial charge in [-0.15, -0.1) is 0 Å². The second kappa shape index (κ2) is 4.29. The Kier molecular flexibility index (Phi) is 3.20. The van der Waals surface area contributed by atoms with Crippen LogP contribution in [0.3, 0.4) is 0 Å².